The van der Waals surface area contributed by atoms with E-state index in [-0.39, 0.29) is 0 Å². The summed E-state index contributed by atoms with van der Waals surface area (Å²) >= 11 is 5.42. The van der Waals surface area contributed by atoms with Gasteiger partial charge in [0.2, 0.25) is 0 Å². The van der Waals surface area contributed by atoms with Crippen molar-refractivity contribution < 1.29 is 4.79 Å². The first-order valence-electron chi connectivity index (χ1n) is 5.06. The molecule has 16 heavy (non-hydrogen) atoms. The zero-order valence-electron chi connectivity index (χ0n) is 8.98. The van der Waals surface area contributed by atoms with Crippen LogP contribution in [0.15, 0.2) is 42.5 Å². The van der Waals surface area contributed by atoms with Gasteiger partial charge in [-0.25, -0.2) is 0 Å². The first-order valence-corrected chi connectivity index (χ1v) is 5.43. The van der Waals surface area contributed by atoms with E-state index in [1.807, 2.05) is 24.3 Å². The summed E-state index contributed by atoms with van der Waals surface area (Å²) in [5, 5.41) is 1.90. The van der Waals surface area contributed by atoms with Crippen molar-refractivity contribution in [3.05, 3.63) is 48.0 Å². The molecular formula is C13H12ClNO. The summed E-state index contributed by atoms with van der Waals surface area (Å²) in [6.45, 7) is 0.531. The number of benzene rings is 2. The molecular weight excluding hydrogens is 222 g/mol. The van der Waals surface area contributed by atoms with E-state index in [0.29, 0.717) is 6.54 Å². The van der Waals surface area contributed by atoms with Crippen LogP contribution in [0, 0.1) is 0 Å². The molecule has 2 nitrogen and oxygen atoms in total. The zero-order chi connectivity index (χ0) is 11.5. The van der Waals surface area contributed by atoms with Crippen molar-refractivity contribution in [1.29, 1.82) is 0 Å². The average Bonchev–Trinajstić information content (AvgIpc) is 2.29. The molecule has 0 atom stereocenters. The molecule has 0 N–H and O–H groups in total. The summed E-state index contributed by atoms with van der Waals surface area (Å²) in [4.78, 5) is 12.5. The predicted octanol–water partition coefficient (Wildman–Crippen LogP) is 3.63. The smallest absolute Gasteiger partial charge is 0.316 e. The number of hydrogen-bond acceptors (Lipinski definition) is 1. The summed E-state index contributed by atoms with van der Waals surface area (Å²) in [7, 11) is 1.69. The molecule has 0 heterocycles. The molecule has 0 aromatic heterocycles. The summed E-state index contributed by atoms with van der Waals surface area (Å²) in [5.74, 6) is 0. The Morgan fingerprint density at radius 3 is 2.62 bits per heavy atom. The lowest BCUT2D eigenvalue weighted by atomic mass is 10.0. The molecule has 0 aliphatic carbocycles. The van der Waals surface area contributed by atoms with Crippen molar-refractivity contribution in [2.24, 2.45) is 0 Å². The maximum absolute atomic E-state index is 11.0. The standard InChI is InChI=1S/C13H12ClNO/c1-15(13(14)16)9-11-7-4-6-10-5-2-3-8-12(10)11/h2-8H,9H2,1H3. The van der Waals surface area contributed by atoms with Crippen LogP contribution in [0.3, 0.4) is 0 Å². The number of amides is 1. The second-order valence-electron chi connectivity index (χ2n) is 3.75. The van der Waals surface area contributed by atoms with E-state index in [4.69, 9.17) is 11.6 Å². The highest BCUT2D eigenvalue weighted by Crippen LogP contribution is 2.19. The lowest BCUT2D eigenvalue weighted by molar-refractivity contribution is 0.230. The Kier molecular flexibility index (Phi) is 3.11. The molecule has 2 aromatic carbocycles. The highest BCUT2D eigenvalue weighted by atomic mass is 35.5. The topological polar surface area (TPSA) is 20.3 Å². The van der Waals surface area contributed by atoms with Gasteiger partial charge in [-0.2, -0.15) is 0 Å². The van der Waals surface area contributed by atoms with E-state index >= 15 is 0 Å². The monoisotopic (exact) mass is 233 g/mol. The van der Waals surface area contributed by atoms with Crippen LogP contribution in [0.25, 0.3) is 10.8 Å². The van der Waals surface area contributed by atoms with Crippen LogP contribution >= 0.6 is 11.6 Å². The largest absolute Gasteiger partial charge is 0.328 e. The molecule has 0 radical (unpaired) electrons. The highest BCUT2D eigenvalue weighted by molar-refractivity contribution is 6.62. The van der Waals surface area contributed by atoms with Gasteiger partial charge in [-0.05, 0) is 27.9 Å². The Balaban J connectivity index is 2.41. The lowest BCUT2D eigenvalue weighted by Crippen LogP contribution is -2.20. The van der Waals surface area contributed by atoms with Crippen molar-refractivity contribution in [2.45, 2.75) is 6.54 Å². The van der Waals surface area contributed by atoms with Crippen LogP contribution in [-0.4, -0.2) is 17.3 Å². The maximum atomic E-state index is 11.0. The van der Waals surface area contributed by atoms with Crippen molar-refractivity contribution in [3.8, 4) is 0 Å². The van der Waals surface area contributed by atoms with Gasteiger partial charge in [0.15, 0.2) is 0 Å². The molecule has 0 saturated carbocycles. The molecule has 0 unspecified atom stereocenters. The summed E-state index contributed by atoms with van der Waals surface area (Å²) in [6, 6.07) is 14.2. The van der Waals surface area contributed by atoms with Gasteiger partial charge in [0.05, 0.1) is 0 Å². The van der Waals surface area contributed by atoms with Crippen molar-refractivity contribution in [3.63, 3.8) is 0 Å². The van der Waals surface area contributed by atoms with Crippen molar-refractivity contribution >= 4 is 27.7 Å². The summed E-state index contributed by atoms with van der Waals surface area (Å²) < 4.78 is 0. The molecule has 82 valence electrons. The molecule has 2 rings (SSSR count). The fourth-order valence-electron chi connectivity index (χ4n) is 1.75. The minimum absolute atomic E-state index is 0.437. The molecule has 0 aliphatic rings. The molecule has 0 fully saturated rings. The molecule has 2 aromatic rings. The molecule has 0 bridgehead atoms. The summed E-state index contributed by atoms with van der Waals surface area (Å²) in [5.41, 5.74) is 1.11. The fraction of sp³-hybridized carbons (Fsp3) is 0.154. The normalized spacial score (nSPS) is 10.4. The Morgan fingerprint density at radius 2 is 1.88 bits per heavy atom. The van der Waals surface area contributed by atoms with Gasteiger partial charge >= 0.3 is 5.37 Å². The SMILES string of the molecule is CN(Cc1cccc2ccccc12)C(=O)Cl. The Morgan fingerprint density at radius 1 is 1.19 bits per heavy atom. The van der Waals surface area contributed by atoms with Crippen molar-refractivity contribution in [2.75, 3.05) is 7.05 Å². The van der Waals surface area contributed by atoms with Gasteiger partial charge in [-0.15, -0.1) is 0 Å². The number of carbonyl (C=O) groups is 1. The minimum atomic E-state index is -0.437. The third kappa shape index (κ3) is 2.17. The number of rotatable bonds is 2. The van der Waals surface area contributed by atoms with Gasteiger partial charge in [-0.3, -0.25) is 4.79 Å². The fourth-order valence-corrected chi connectivity index (χ4v) is 1.81. The van der Waals surface area contributed by atoms with Gasteiger partial charge < -0.3 is 4.90 Å². The van der Waals surface area contributed by atoms with E-state index < -0.39 is 5.37 Å². The highest BCUT2D eigenvalue weighted by Gasteiger charge is 2.07. The van der Waals surface area contributed by atoms with Gasteiger partial charge in [0, 0.05) is 13.6 Å². The van der Waals surface area contributed by atoms with E-state index in [1.165, 1.54) is 10.3 Å². The number of nitrogens with zero attached hydrogens (tertiary/aromatic N) is 1. The van der Waals surface area contributed by atoms with Gasteiger partial charge in [0.1, 0.15) is 0 Å². The van der Waals surface area contributed by atoms with E-state index in [2.05, 4.69) is 18.2 Å². The molecule has 0 aliphatic heterocycles. The maximum Gasteiger partial charge on any atom is 0.316 e. The number of halogens is 1. The third-order valence-corrected chi connectivity index (χ3v) is 2.88. The first-order chi connectivity index (χ1) is 7.68. The Labute approximate surface area is 99.4 Å². The van der Waals surface area contributed by atoms with Crippen LogP contribution in [0.1, 0.15) is 5.56 Å². The first kappa shape index (κ1) is 11.0. The van der Waals surface area contributed by atoms with Crippen LogP contribution in [0.4, 0.5) is 4.79 Å². The molecule has 0 spiro atoms. The molecule has 0 saturated heterocycles. The summed E-state index contributed by atoms with van der Waals surface area (Å²) in [6.07, 6.45) is 0. The minimum Gasteiger partial charge on any atom is -0.328 e. The van der Waals surface area contributed by atoms with Gasteiger partial charge in [-0.1, -0.05) is 42.5 Å². The van der Waals surface area contributed by atoms with E-state index in [9.17, 15) is 4.79 Å². The van der Waals surface area contributed by atoms with Crippen LogP contribution < -0.4 is 0 Å². The van der Waals surface area contributed by atoms with Crippen molar-refractivity contribution in [1.82, 2.24) is 4.90 Å². The molecule has 3 heteroatoms. The number of carbonyl (C=O) groups excluding carboxylic acids is 1. The zero-order valence-corrected chi connectivity index (χ0v) is 9.74. The average molecular weight is 234 g/mol. The quantitative estimate of drug-likeness (QED) is 0.573. The lowest BCUT2D eigenvalue weighted by Gasteiger charge is -2.14. The van der Waals surface area contributed by atoms with E-state index in [0.717, 1.165) is 10.9 Å². The van der Waals surface area contributed by atoms with Crippen LogP contribution in [-0.2, 0) is 6.54 Å². The van der Waals surface area contributed by atoms with E-state index in [1.54, 1.807) is 7.05 Å². The van der Waals surface area contributed by atoms with Crippen LogP contribution in [0.2, 0.25) is 0 Å². The third-order valence-electron chi connectivity index (χ3n) is 2.59. The number of hydrogen-bond donors (Lipinski definition) is 0. The Bertz CT molecular complexity index is 519. The Hall–Kier alpha value is -1.54. The second kappa shape index (κ2) is 4.54. The predicted molar refractivity (Wildman–Crippen MR) is 66.7 cm³/mol. The molecule has 1 amide bonds. The second-order valence-corrected chi connectivity index (χ2v) is 4.07. The van der Waals surface area contributed by atoms with Gasteiger partial charge in [0.25, 0.3) is 0 Å². The van der Waals surface area contributed by atoms with Crippen LogP contribution in [0.5, 0.6) is 0 Å². The number of fused-ring (bicyclic) bond motifs is 1.